The monoisotopic (exact) mass is 456 g/mol. The van der Waals surface area contributed by atoms with E-state index in [1.807, 2.05) is 13.0 Å². The van der Waals surface area contributed by atoms with Crippen LogP contribution in [0.4, 0.5) is 0 Å². The molecule has 0 aromatic heterocycles. The molecule has 2 aliphatic carbocycles. The van der Waals surface area contributed by atoms with Crippen LogP contribution in [0.1, 0.15) is 70.9 Å². The number of carbonyl (C=O) groups is 2. The zero-order chi connectivity index (χ0) is 23.8. The predicted molar refractivity (Wildman–Crippen MR) is 124 cm³/mol. The SMILES string of the molecule is CC[N+]1(CC2CC2)CC[C@]23c4c(C)ccc(OC(=O)C(C)C)c4O[C@H]2C(=O)CC[C@@]3(O)[C@H]1C. The number of hydrogen-bond acceptors (Lipinski definition) is 5. The maximum atomic E-state index is 13.3. The third-order valence-electron chi connectivity index (χ3n) is 9.37. The highest BCUT2D eigenvalue weighted by Crippen LogP contribution is 2.63. The van der Waals surface area contributed by atoms with Crippen molar-refractivity contribution in [1.82, 2.24) is 0 Å². The number of esters is 1. The molecule has 33 heavy (non-hydrogen) atoms. The number of aryl methyl sites for hydroxylation is 1. The van der Waals surface area contributed by atoms with Gasteiger partial charge in [-0.25, -0.2) is 0 Å². The van der Waals surface area contributed by atoms with Crippen molar-refractivity contribution in [2.24, 2.45) is 11.8 Å². The lowest BCUT2D eigenvalue weighted by Gasteiger charge is -2.62. The van der Waals surface area contributed by atoms with Crippen LogP contribution in [-0.2, 0) is 15.0 Å². The van der Waals surface area contributed by atoms with Crippen molar-refractivity contribution in [3.63, 3.8) is 0 Å². The lowest BCUT2D eigenvalue weighted by atomic mass is 9.52. The summed E-state index contributed by atoms with van der Waals surface area (Å²) in [6, 6.07) is 3.69. The Kier molecular flexibility index (Phi) is 5.22. The van der Waals surface area contributed by atoms with Gasteiger partial charge in [0.2, 0.25) is 0 Å². The number of quaternary nitrogens is 1. The Bertz CT molecular complexity index is 1000. The molecule has 3 fully saturated rings. The molecule has 0 bridgehead atoms. The Morgan fingerprint density at radius 2 is 2.03 bits per heavy atom. The molecular formula is C27H38NO5+. The third kappa shape index (κ3) is 3.06. The summed E-state index contributed by atoms with van der Waals surface area (Å²) in [6.07, 6.45) is 3.30. The van der Waals surface area contributed by atoms with Crippen LogP contribution in [0.15, 0.2) is 12.1 Å². The average molecular weight is 457 g/mol. The molecule has 1 spiro atoms. The van der Waals surface area contributed by atoms with Crippen molar-refractivity contribution in [3.8, 4) is 11.5 Å². The number of carbonyl (C=O) groups excluding carboxylic acids is 2. The second kappa shape index (κ2) is 7.54. The Morgan fingerprint density at radius 3 is 2.67 bits per heavy atom. The van der Waals surface area contributed by atoms with E-state index in [4.69, 9.17) is 9.47 Å². The van der Waals surface area contributed by atoms with Gasteiger partial charge in [0.05, 0.1) is 31.0 Å². The quantitative estimate of drug-likeness (QED) is 0.416. The highest BCUT2D eigenvalue weighted by atomic mass is 16.6. The van der Waals surface area contributed by atoms with E-state index in [-0.39, 0.29) is 23.7 Å². The first-order valence-electron chi connectivity index (χ1n) is 12.7. The van der Waals surface area contributed by atoms with E-state index in [2.05, 4.69) is 13.8 Å². The van der Waals surface area contributed by atoms with Gasteiger partial charge in [0, 0.05) is 24.3 Å². The van der Waals surface area contributed by atoms with Gasteiger partial charge in [0.15, 0.2) is 23.4 Å². The van der Waals surface area contributed by atoms with E-state index in [9.17, 15) is 14.7 Å². The zero-order valence-electron chi connectivity index (χ0n) is 20.6. The molecule has 0 amide bonds. The average Bonchev–Trinajstić information content (AvgIpc) is 3.52. The molecule has 2 aliphatic heterocycles. The maximum Gasteiger partial charge on any atom is 0.313 e. The van der Waals surface area contributed by atoms with Gasteiger partial charge in [-0.2, -0.15) is 0 Å². The van der Waals surface area contributed by atoms with Gasteiger partial charge in [0.25, 0.3) is 0 Å². The number of piperidine rings is 1. The molecule has 5 atom stereocenters. The Morgan fingerprint density at radius 1 is 1.30 bits per heavy atom. The molecule has 0 radical (unpaired) electrons. The van der Waals surface area contributed by atoms with Gasteiger partial charge in [-0.15, -0.1) is 0 Å². The fourth-order valence-corrected chi connectivity index (χ4v) is 7.17. The first-order chi connectivity index (χ1) is 15.6. The van der Waals surface area contributed by atoms with Crippen LogP contribution in [0.5, 0.6) is 11.5 Å². The van der Waals surface area contributed by atoms with Crippen LogP contribution in [-0.4, -0.2) is 58.7 Å². The Hall–Kier alpha value is -1.92. The molecule has 2 saturated carbocycles. The van der Waals surface area contributed by atoms with Crippen LogP contribution >= 0.6 is 0 Å². The van der Waals surface area contributed by atoms with E-state index in [0.29, 0.717) is 30.8 Å². The predicted octanol–water partition coefficient (Wildman–Crippen LogP) is 3.69. The fourth-order valence-electron chi connectivity index (χ4n) is 7.17. The molecule has 1 aromatic rings. The molecule has 5 rings (SSSR count). The minimum atomic E-state index is -1.06. The van der Waals surface area contributed by atoms with E-state index in [0.717, 1.165) is 41.2 Å². The van der Waals surface area contributed by atoms with Crippen molar-refractivity contribution in [1.29, 1.82) is 0 Å². The van der Waals surface area contributed by atoms with E-state index >= 15 is 0 Å². The van der Waals surface area contributed by atoms with Crippen molar-refractivity contribution < 1.29 is 28.7 Å². The number of likely N-dealkylation sites (N-methyl/N-ethyl adjacent to an activating group) is 1. The number of Topliss-reactive ketones (excluding diaryl/α,β-unsaturated/α-hetero) is 1. The molecule has 4 aliphatic rings. The van der Waals surface area contributed by atoms with Gasteiger partial charge in [-0.3, -0.25) is 9.59 Å². The molecule has 6 heteroatoms. The zero-order valence-corrected chi connectivity index (χ0v) is 20.6. The largest absolute Gasteiger partial charge is 0.477 e. The van der Waals surface area contributed by atoms with Crippen molar-refractivity contribution in [2.75, 3.05) is 19.6 Å². The number of fused-ring (bicyclic) bond motifs is 1. The summed E-state index contributed by atoms with van der Waals surface area (Å²) in [5, 5.41) is 12.6. The maximum absolute atomic E-state index is 13.3. The number of rotatable bonds is 5. The van der Waals surface area contributed by atoms with Crippen LogP contribution in [0, 0.1) is 18.8 Å². The number of hydrogen-bond donors (Lipinski definition) is 1. The van der Waals surface area contributed by atoms with Crippen molar-refractivity contribution >= 4 is 11.8 Å². The van der Waals surface area contributed by atoms with E-state index < -0.39 is 17.1 Å². The summed E-state index contributed by atoms with van der Waals surface area (Å²) in [7, 11) is 0. The minimum absolute atomic E-state index is 0.0109. The summed E-state index contributed by atoms with van der Waals surface area (Å²) < 4.78 is 13.0. The molecule has 1 aromatic carbocycles. The van der Waals surface area contributed by atoms with Crippen molar-refractivity contribution in [3.05, 3.63) is 23.3 Å². The normalized spacial score (nSPS) is 37.2. The lowest BCUT2D eigenvalue weighted by molar-refractivity contribution is -0.963. The van der Waals surface area contributed by atoms with Gasteiger partial charge in [0.1, 0.15) is 11.6 Å². The van der Waals surface area contributed by atoms with Gasteiger partial charge < -0.3 is 19.1 Å². The van der Waals surface area contributed by atoms with Crippen LogP contribution in [0.25, 0.3) is 0 Å². The summed E-state index contributed by atoms with van der Waals surface area (Å²) >= 11 is 0. The minimum Gasteiger partial charge on any atom is -0.477 e. The van der Waals surface area contributed by atoms with Crippen LogP contribution in [0.2, 0.25) is 0 Å². The van der Waals surface area contributed by atoms with Crippen LogP contribution < -0.4 is 9.47 Å². The summed E-state index contributed by atoms with van der Waals surface area (Å²) in [4.78, 5) is 25.7. The smallest absolute Gasteiger partial charge is 0.313 e. The number of nitrogens with zero attached hydrogens (tertiary/aromatic N) is 1. The number of ether oxygens (including phenoxy) is 2. The van der Waals surface area contributed by atoms with Gasteiger partial charge in [-0.1, -0.05) is 19.9 Å². The third-order valence-corrected chi connectivity index (χ3v) is 9.37. The Balaban J connectivity index is 1.65. The number of ketones is 1. The molecule has 180 valence electrons. The van der Waals surface area contributed by atoms with Crippen LogP contribution in [0.3, 0.4) is 0 Å². The standard InChI is InChI=1S/C27H38NO5/c1-6-28(15-19-8-9-19)14-13-26-22-17(4)7-10-21(32-25(30)16(2)3)23(22)33-24(26)20(29)11-12-27(26,31)18(28)5/h7,10,16,18-19,24,31H,6,8-9,11-15H2,1-5H3/q+1/t18-,24+,26+,27-,28?/m1/s1. The Labute approximate surface area is 196 Å². The molecule has 6 nitrogen and oxygen atoms in total. The number of likely N-dealkylation sites (tertiary alicyclic amines) is 1. The van der Waals surface area contributed by atoms with Crippen molar-refractivity contribution in [2.45, 2.75) is 89.9 Å². The lowest BCUT2D eigenvalue weighted by Crippen LogP contribution is -2.79. The first-order valence-corrected chi connectivity index (χ1v) is 12.7. The fraction of sp³-hybridized carbons (Fsp3) is 0.704. The van der Waals surface area contributed by atoms with E-state index in [1.165, 1.54) is 12.8 Å². The second-order valence-electron chi connectivity index (χ2n) is 11.3. The topological polar surface area (TPSA) is 72.8 Å². The van der Waals surface area contributed by atoms with Gasteiger partial charge in [-0.05, 0) is 51.7 Å². The molecule has 1 unspecified atom stereocenters. The molecular weight excluding hydrogens is 418 g/mol. The molecule has 1 N–H and O–H groups in total. The highest BCUT2D eigenvalue weighted by molar-refractivity contribution is 5.90. The summed E-state index contributed by atoms with van der Waals surface area (Å²) in [6.45, 7) is 13.0. The second-order valence-corrected chi connectivity index (χ2v) is 11.3. The molecule has 2 heterocycles. The summed E-state index contributed by atoms with van der Waals surface area (Å²) in [5.41, 5.74) is -0.00651. The number of benzene rings is 1. The molecule has 1 saturated heterocycles. The summed E-state index contributed by atoms with van der Waals surface area (Å²) in [5.74, 6) is 1.03. The highest BCUT2D eigenvalue weighted by Gasteiger charge is 2.74. The van der Waals surface area contributed by atoms with Gasteiger partial charge >= 0.3 is 5.97 Å². The van der Waals surface area contributed by atoms with E-state index in [1.54, 1.807) is 19.9 Å². The first kappa shape index (κ1) is 22.9. The number of aliphatic hydroxyl groups is 1.